The summed E-state index contributed by atoms with van der Waals surface area (Å²) in [5.41, 5.74) is 1.01. The third-order valence-electron chi connectivity index (χ3n) is 4.57. The van der Waals surface area contributed by atoms with Gasteiger partial charge in [0.05, 0.1) is 6.10 Å². The number of nitrogens with one attached hydrogen (secondary N) is 1. The fourth-order valence-electron chi connectivity index (χ4n) is 3.09. The van der Waals surface area contributed by atoms with Gasteiger partial charge in [0.2, 0.25) is 5.91 Å². The Morgan fingerprint density at radius 3 is 2.72 bits per heavy atom. The third-order valence-corrected chi connectivity index (χ3v) is 4.57. The number of carboxylic acids is 1. The van der Waals surface area contributed by atoms with Crippen molar-refractivity contribution in [2.75, 3.05) is 13.1 Å². The molecule has 1 aromatic rings. The molecule has 6 heteroatoms. The molecular weight excluding hydrogens is 320 g/mol. The average Bonchev–Trinajstić information content (AvgIpc) is 3.06. The Labute approximate surface area is 149 Å². The van der Waals surface area contributed by atoms with Crippen LogP contribution < -0.4 is 10.1 Å². The first-order chi connectivity index (χ1) is 12.0. The first-order valence-corrected chi connectivity index (χ1v) is 8.92. The molecule has 1 atom stereocenters. The van der Waals surface area contributed by atoms with Crippen molar-refractivity contribution in [2.45, 2.75) is 58.2 Å². The van der Waals surface area contributed by atoms with Gasteiger partial charge in [-0.3, -0.25) is 14.5 Å². The lowest BCUT2D eigenvalue weighted by molar-refractivity contribution is -0.142. The number of hydrogen-bond donors (Lipinski definition) is 2. The summed E-state index contributed by atoms with van der Waals surface area (Å²) in [5, 5.41) is 12.0. The summed E-state index contributed by atoms with van der Waals surface area (Å²) in [4.78, 5) is 24.2. The molecule has 2 rings (SSSR count). The molecule has 2 N–H and O–H groups in total. The highest BCUT2D eigenvalue weighted by atomic mass is 16.5. The van der Waals surface area contributed by atoms with E-state index in [0.29, 0.717) is 25.7 Å². The Hall–Kier alpha value is -2.08. The minimum absolute atomic E-state index is 0.116. The Balaban J connectivity index is 2.00. The zero-order valence-corrected chi connectivity index (χ0v) is 15.0. The molecule has 0 heterocycles. The normalized spacial score (nSPS) is 16.0. The number of rotatable bonds is 9. The highest BCUT2D eigenvalue weighted by Gasteiger charge is 2.21. The number of aliphatic carboxylic acids is 1. The molecule has 1 aliphatic carbocycles. The molecule has 138 valence electrons. The van der Waals surface area contributed by atoms with Crippen LogP contribution in [0.5, 0.6) is 5.75 Å². The Morgan fingerprint density at radius 1 is 1.36 bits per heavy atom. The van der Waals surface area contributed by atoms with Crippen molar-refractivity contribution in [1.82, 2.24) is 10.2 Å². The molecule has 0 spiro atoms. The van der Waals surface area contributed by atoms with Crippen LogP contribution >= 0.6 is 0 Å². The predicted molar refractivity (Wildman–Crippen MR) is 95.5 cm³/mol. The van der Waals surface area contributed by atoms with Crippen molar-refractivity contribution < 1.29 is 19.4 Å². The molecule has 0 aromatic heterocycles. The smallest absolute Gasteiger partial charge is 0.320 e. The average molecular weight is 348 g/mol. The zero-order chi connectivity index (χ0) is 18.2. The summed E-state index contributed by atoms with van der Waals surface area (Å²) in [7, 11) is 0. The molecule has 1 amide bonds. The van der Waals surface area contributed by atoms with Crippen molar-refractivity contribution >= 4 is 11.9 Å². The van der Waals surface area contributed by atoms with Crippen LogP contribution in [-0.4, -0.2) is 47.1 Å². The van der Waals surface area contributed by atoms with Gasteiger partial charge in [-0.2, -0.15) is 0 Å². The first-order valence-electron chi connectivity index (χ1n) is 8.92. The molecule has 1 aromatic carbocycles. The molecule has 1 unspecified atom stereocenters. The molecule has 1 aliphatic rings. The van der Waals surface area contributed by atoms with E-state index in [0.717, 1.165) is 24.2 Å². The van der Waals surface area contributed by atoms with Crippen molar-refractivity contribution in [1.29, 1.82) is 0 Å². The maximum absolute atomic E-state index is 11.4. The van der Waals surface area contributed by atoms with Crippen molar-refractivity contribution in [3.8, 4) is 5.75 Å². The summed E-state index contributed by atoms with van der Waals surface area (Å²) < 4.78 is 6.03. The molecule has 6 nitrogen and oxygen atoms in total. The van der Waals surface area contributed by atoms with Crippen LogP contribution in [-0.2, 0) is 16.1 Å². The van der Waals surface area contributed by atoms with E-state index in [-0.39, 0.29) is 5.91 Å². The van der Waals surface area contributed by atoms with E-state index in [9.17, 15) is 14.7 Å². The van der Waals surface area contributed by atoms with Crippen molar-refractivity contribution in [3.63, 3.8) is 0 Å². The largest absolute Gasteiger partial charge is 0.490 e. The van der Waals surface area contributed by atoms with Crippen molar-refractivity contribution in [3.05, 3.63) is 29.8 Å². The van der Waals surface area contributed by atoms with Gasteiger partial charge in [-0.25, -0.2) is 0 Å². The Morgan fingerprint density at radius 2 is 2.08 bits per heavy atom. The van der Waals surface area contributed by atoms with E-state index < -0.39 is 12.0 Å². The summed E-state index contributed by atoms with van der Waals surface area (Å²) in [6.07, 6.45) is 4.94. The van der Waals surface area contributed by atoms with E-state index >= 15 is 0 Å². The van der Waals surface area contributed by atoms with Gasteiger partial charge in [-0.05, 0) is 50.3 Å². The summed E-state index contributed by atoms with van der Waals surface area (Å²) in [6.45, 7) is 4.50. The van der Waals surface area contributed by atoms with Crippen LogP contribution in [0.25, 0.3) is 0 Å². The molecule has 0 aliphatic heterocycles. The highest BCUT2D eigenvalue weighted by Crippen LogP contribution is 2.25. The predicted octanol–water partition coefficient (Wildman–Crippen LogP) is 2.42. The number of carbonyl (C=O) groups excluding carboxylic acids is 1. The van der Waals surface area contributed by atoms with E-state index in [2.05, 4.69) is 5.32 Å². The van der Waals surface area contributed by atoms with E-state index in [1.54, 1.807) is 6.92 Å². The van der Waals surface area contributed by atoms with Crippen LogP contribution in [0.3, 0.4) is 0 Å². The number of nitrogens with zero attached hydrogens (tertiary/aromatic N) is 1. The lowest BCUT2D eigenvalue weighted by Crippen LogP contribution is -2.42. The monoisotopic (exact) mass is 348 g/mol. The van der Waals surface area contributed by atoms with Gasteiger partial charge < -0.3 is 15.2 Å². The van der Waals surface area contributed by atoms with Crippen LogP contribution in [0, 0.1) is 0 Å². The van der Waals surface area contributed by atoms with Crippen LogP contribution in [0.2, 0.25) is 0 Å². The Bertz CT molecular complexity index is 585. The zero-order valence-electron chi connectivity index (χ0n) is 15.0. The standard InChI is InChI=1S/C19H28N2O4/c1-14(19(23)24)21(11-10-20-15(2)22)13-16-6-5-9-18(12-16)25-17-7-3-4-8-17/h5-6,9,12,14,17H,3-4,7-8,10-11,13H2,1-2H3,(H,20,22)(H,23,24). The molecule has 1 saturated carbocycles. The van der Waals surface area contributed by atoms with Gasteiger partial charge in [0.1, 0.15) is 11.8 Å². The minimum atomic E-state index is -0.874. The fourth-order valence-corrected chi connectivity index (χ4v) is 3.09. The van der Waals surface area contributed by atoms with Gasteiger partial charge in [-0.1, -0.05) is 12.1 Å². The number of ether oxygens (including phenoxy) is 1. The van der Waals surface area contributed by atoms with E-state index in [1.165, 1.54) is 19.8 Å². The van der Waals surface area contributed by atoms with Gasteiger partial charge >= 0.3 is 5.97 Å². The second-order valence-electron chi connectivity index (χ2n) is 6.64. The molecular formula is C19H28N2O4. The minimum Gasteiger partial charge on any atom is -0.490 e. The van der Waals surface area contributed by atoms with Crippen LogP contribution in [0.15, 0.2) is 24.3 Å². The second kappa shape index (κ2) is 9.42. The highest BCUT2D eigenvalue weighted by molar-refractivity contribution is 5.73. The number of hydrogen-bond acceptors (Lipinski definition) is 4. The quantitative estimate of drug-likeness (QED) is 0.716. The van der Waals surface area contributed by atoms with Crippen LogP contribution in [0.1, 0.15) is 45.1 Å². The summed E-state index contributed by atoms with van der Waals surface area (Å²) >= 11 is 0. The maximum Gasteiger partial charge on any atom is 0.320 e. The van der Waals surface area contributed by atoms with E-state index in [1.807, 2.05) is 29.2 Å². The van der Waals surface area contributed by atoms with Gasteiger partial charge in [0.15, 0.2) is 0 Å². The number of amides is 1. The summed E-state index contributed by atoms with van der Waals surface area (Å²) in [6, 6.07) is 7.22. The number of carbonyl (C=O) groups is 2. The fraction of sp³-hybridized carbons (Fsp3) is 0.579. The maximum atomic E-state index is 11.4. The first kappa shape index (κ1) is 19.2. The SMILES string of the molecule is CC(=O)NCCN(Cc1cccc(OC2CCCC2)c1)C(C)C(=O)O. The third kappa shape index (κ3) is 6.38. The molecule has 25 heavy (non-hydrogen) atoms. The lowest BCUT2D eigenvalue weighted by atomic mass is 10.1. The lowest BCUT2D eigenvalue weighted by Gasteiger charge is -2.26. The summed E-state index contributed by atoms with van der Waals surface area (Å²) in [5.74, 6) is -0.148. The number of benzene rings is 1. The van der Waals surface area contributed by atoms with Gasteiger partial charge in [0.25, 0.3) is 0 Å². The molecule has 0 bridgehead atoms. The van der Waals surface area contributed by atoms with Gasteiger partial charge in [0, 0.05) is 26.6 Å². The molecule has 0 saturated heterocycles. The number of carboxylic acid groups (broad SMARTS) is 1. The molecule has 1 fully saturated rings. The Kier molecular flexibility index (Phi) is 7.25. The van der Waals surface area contributed by atoms with Gasteiger partial charge in [-0.15, -0.1) is 0 Å². The molecule has 0 radical (unpaired) electrons. The second-order valence-corrected chi connectivity index (χ2v) is 6.64. The van der Waals surface area contributed by atoms with E-state index in [4.69, 9.17) is 4.74 Å². The van der Waals surface area contributed by atoms with Crippen LogP contribution in [0.4, 0.5) is 0 Å². The topological polar surface area (TPSA) is 78.9 Å². The van der Waals surface area contributed by atoms with Crippen molar-refractivity contribution in [2.24, 2.45) is 0 Å².